The molecule has 1 amide bonds. The van der Waals surface area contributed by atoms with Crippen molar-refractivity contribution >= 4 is 23.6 Å². The molecule has 0 aliphatic carbocycles. The van der Waals surface area contributed by atoms with Crippen LogP contribution in [-0.2, 0) is 16.1 Å². The van der Waals surface area contributed by atoms with E-state index in [4.69, 9.17) is 9.47 Å². The van der Waals surface area contributed by atoms with Crippen molar-refractivity contribution < 1.29 is 19.1 Å². The van der Waals surface area contributed by atoms with E-state index in [-0.39, 0.29) is 18.4 Å². The Labute approximate surface area is 197 Å². The molecule has 2 aromatic carbocycles. The van der Waals surface area contributed by atoms with Crippen LogP contribution in [0.15, 0.2) is 47.6 Å². The van der Waals surface area contributed by atoms with Gasteiger partial charge in [-0.25, -0.2) is 0 Å². The Morgan fingerprint density at radius 1 is 1.12 bits per heavy atom. The fourth-order valence-electron chi connectivity index (χ4n) is 3.16. The fraction of sp³-hybridized carbons (Fsp3) is 0.333. The smallest absolute Gasteiger partial charge is 0.319 e. The summed E-state index contributed by atoms with van der Waals surface area (Å²) in [5.74, 6) is 0.692. The van der Waals surface area contributed by atoms with Gasteiger partial charge in [-0.05, 0) is 69.2 Å². The Hall–Kier alpha value is -3.33. The molecule has 33 heavy (non-hydrogen) atoms. The zero-order valence-electron chi connectivity index (χ0n) is 19.4. The second-order valence-electron chi connectivity index (χ2n) is 7.45. The van der Waals surface area contributed by atoms with E-state index in [2.05, 4.69) is 15.5 Å². The highest BCUT2D eigenvalue weighted by molar-refractivity contribution is 8.00. The van der Waals surface area contributed by atoms with Crippen LogP contribution in [0, 0.1) is 13.8 Å². The molecule has 0 aliphatic heterocycles. The number of nitrogens with one attached hydrogen (secondary N) is 1. The van der Waals surface area contributed by atoms with Gasteiger partial charge in [0.15, 0.2) is 11.0 Å². The number of carbonyl (C=O) groups is 2. The highest BCUT2D eigenvalue weighted by Gasteiger charge is 2.23. The number of ether oxygens (including phenoxy) is 2. The third-order valence-electron chi connectivity index (χ3n) is 4.97. The maximum atomic E-state index is 12.7. The van der Waals surface area contributed by atoms with E-state index < -0.39 is 5.25 Å². The van der Waals surface area contributed by atoms with Crippen LogP contribution in [-0.4, -0.2) is 45.6 Å². The van der Waals surface area contributed by atoms with Gasteiger partial charge < -0.3 is 14.8 Å². The molecule has 0 radical (unpaired) electrons. The number of carbonyl (C=O) groups excluding carboxylic acids is 2. The van der Waals surface area contributed by atoms with E-state index in [0.29, 0.717) is 28.9 Å². The molecule has 0 bridgehead atoms. The summed E-state index contributed by atoms with van der Waals surface area (Å²) >= 11 is 1.27. The SMILES string of the molecule is CCOC(=O)[C@H](C)Sc1nnc(CNC(=O)c2ccc(OC)cc2)n1-c1cc(C)ccc1C. The summed E-state index contributed by atoms with van der Waals surface area (Å²) in [5.41, 5.74) is 3.51. The lowest BCUT2D eigenvalue weighted by atomic mass is 10.1. The van der Waals surface area contributed by atoms with Gasteiger partial charge in [-0.1, -0.05) is 23.9 Å². The molecule has 0 saturated carbocycles. The van der Waals surface area contributed by atoms with Gasteiger partial charge in [0.2, 0.25) is 0 Å². The minimum atomic E-state index is -0.459. The van der Waals surface area contributed by atoms with Crippen molar-refractivity contribution in [3.8, 4) is 11.4 Å². The largest absolute Gasteiger partial charge is 0.497 e. The molecule has 174 valence electrons. The summed E-state index contributed by atoms with van der Waals surface area (Å²) in [4.78, 5) is 24.8. The number of rotatable bonds is 9. The molecular weight excluding hydrogens is 440 g/mol. The predicted molar refractivity (Wildman–Crippen MR) is 127 cm³/mol. The maximum absolute atomic E-state index is 12.7. The minimum absolute atomic E-state index is 0.166. The van der Waals surface area contributed by atoms with Crippen molar-refractivity contribution in [3.63, 3.8) is 0 Å². The molecule has 0 saturated heterocycles. The van der Waals surface area contributed by atoms with Crippen LogP contribution in [0.1, 0.15) is 41.2 Å². The third kappa shape index (κ3) is 5.92. The van der Waals surface area contributed by atoms with E-state index >= 15 is 0 Å². The third-order valence-corrected chi connectivity index (χ3v) is 5.99. The Bertz CT molecular complexity index is 1130. The molecule has 0 spiro atoms. The van der Waals surface area contributed by atoms with E-state index in [9.17, 15) is 9.59 Å². The first kappa shape index (κ1) is 24.3. The number of hydrogen-bond acceptors (Lipinski definition) is 7. The number of aryl methyl sites for hydroxylation is 2. The minimum Gasteiger partial charge on any atom is -0.497 e. The number of amides is 1. The van der Waals surface area contributed by atoms with Crippen molar-refractivity contribution in [2.45, 2.75) is 44.6 Å². The first-order valence-electron chi connectivity index (χ1n) is 10.6. The fourth-order valence-corrected chi connectivity index (χ4v) is 4.04. The van der Waals surface area contributed by atoms with Gasteiger partial charge in [0, 0.05) is 5.56 Å². The average molecular weight is 469 g/mol. The summed E-state index contributed by atoms with van der Waals surface area (Å²) < 4.78 is 12.2. The van der Waals surface area contributed by atoms with E-state index in [1.165, 1.54) is 11.8 Å². The first-order chi connectivity index (χ1) is 15.8. The Morgan fingerprint density at radius 3 is 2.52 bits per heavy atom. The van der Waals surface area contributed by atoms with Crippen LogP contribution < -0.4 is 10.1 Å². The number of aromatic nitrogens is 3. The van der Waals surface area contributed by atoms with E-state index in [1.807, 2.05) is 36.6 Å². The molecule has 1 N–H and O–H groups in total. The lowest BCUT2D eigenvalue weighted by Gasteiger charge is -2.15. The molecular formula is C24H28N4O4S. The van der Waals surface area contributed by atoms with Gasteiger partial charge in [0.05, 0.1) is 25.9 Å². The first-order valence-corrected chi connectivity index (χ1v) is 11.5. The summed E-state index contributed by atoms with van der Waals surface area (Å²) in [6, 6.07) is 13.0. The number of benzene rings is 2. The van der Waals surface area contributed by atoms with Crippen molar-refractivity contribution in [1.82, 2.24) is 20.1 Å². The zero-order chi connectivity index (χ0) is 24.0. The maximum Gasteiger partial charge on any atom is 0.319 e. The average Bonchev–Trinajstić information content (AvgIpc) is 3.21. The van der Waals surface area contributed by atoms with Crippen molar-refractivity contribution in [1.29, 1.82) is 0 Å². The van der Waals surface area contributed by atoms with Gasteiger partial charge in [0.1, 0.15) is 11.0 Å². The quantitative estimate of drug-likeness (QED) is 0.376. The van der Waals surface area contributed by atoms with Crippen molar-refractivity contribution in [2.75, 3.05) is 13.7 Å². The molecule has 0 fully saturated rings. The molecule has 1 heterocycles. The van der Waals surface area contributed by atoms with E-state index in [0.717, 1.165) is 16.8 Å². The molecule has 3 aromatic rings. The highest BCUT2D eigenvalue weighted by atomic mass is 32.2. The molecule has 8 nitrogen and oxygen atoms in total. The number of methoxy groups -OCH3 is 1. The molecule has 9 heteroatoms. The highest BCUT2D eigenvalue weighted by Crippen LogP contribution is 2.28. The Balaban J connectivity index is 1.89. The molecule has 0 unspecified atom stereocenters. The van der Waals surface area contributed by atoms with Crippen LogP contribution in [0.4, 0.5) is 0 Å². The van der Waals surface area contributed by atoms with Gasteiger partial charge in [0.25, 0.3) is 5.91 Å². The van der Waals surface area contributed by atoms with Crippen molar-refractivity contribution in [2.24, 2.45) is 0 Å². The zero-order valence-corrected chi connectivity index (χ0v) is 20.2. The second kappa shape index (κ2) is 11.0. The van der Waals surface area contributed by atoms with Crippen molar-refractivity contribution in [3.05, 3.63) is 65.0 Å². The normalized spacial score (nSPS) is 11.7. The summed E-state index contributed by atoms with van der Waals surface area (Å²) in [6.45, 7) is 8.03. The Kier molecular flexibility index (Phi) is 8.11. The molecule has 1 aromatic heterocycles. The van der Waals surface area contributed by atoms with Crippen LogP contribution in [0.25, 0.3) is 5.69 Å². The van der Waals surface area contributed by atoms with Gasteiger partial charge >= 0.3 is 5.97 Å². The van der Waals surface area contributed by atoms with Gasteiger partial charge in [-0.3, -0.25) is 14.2 Å². The van der Waals surface area contributed by atoms with Gasteiger partial charge in [-0.15, -0.1) is 10.2 Å². The monoisotopic (exact) mass is 468 g/mol. The van der Waals surface area contributed by atoms with E-state index in [1.54, 1.807) is 45.2 Å². The van der Waals surface area contributed by atoms with Crippen LogP contribution in [0.3, 0.4) is 0 Å². The topological polar surface area (TPSA) is 95.3 Å². The summed E-state index contributed by atoms with van der Waals surface area (Å²) in [5, 5.41) is 11.6. The number of nitrogens with zero attached hydrogens (tertiary/aromatic N) is 3. The number of hydrogen-bond donors (Lipinski definition) is 1. The lowest BCUT2D eigenvalue weighted by Crippen LogP contribution is -2.25. The molecule has 0 aliphatic rings. The second-order valence-corrected chi connectivity index (χ2v) is 8.76. The van der Waals surface area contributed by atoms with Gasteiger partial charge in [-0.2, -0.15) is 0 Å². The standard InChI is InChI=1S/C24H28N4O4S/c1-6-32-23(30)17(4)33-24-27-26-21(28(24)20-13-15(2)7-8-16(20)3)14-25-22(29)18-9-11-19(31-5)12-10-18/h7-13,17H,6,14H2,1-5H3,(H,25,29)/t17-/m0/s1. The number of thioether (sulfide) groups is 1. The Morgan fingerprint density at radius 2 is 1.85 bits per heavy atom. The number of esters is 1. The van der Waals surface area contributed by atoms with Crippen LogP contribution in [0.2, 0.25) is 0 Å². The molecule has 3 rings (SSSR count). The summed E-state index contributed by atoms with van der Waals surface area (Å²) in [6.07, 6.45) is 0. The lowest BCUT2D eigenvalue weighted by molar-refractivity contribution is -0.142. The van der Waals surface area contributed by atoms with Crippen LogP contribution in [0.5, 0.6) is 5.75 Å². The summed E-state index contributed by atoms with van der Waals surface area (Å²) in [7, 11) is 1.58. The predicted octanol–water partition coefficient (Wildman–Crippen LogP) is 3.87. The van der Waals surface area contributed by atoms with Crippen LogP contribution >= 0.6 is 11.8 Å². The molecule has 1 atom stereocenters.